The van der Waals surface area contributed by atoms with Crippen LogP contribution in [-0.2, 0) is 0 Å². The fourth-order valence-electron chi connectivity index (χ4n) is 8.56. The Labute approximate surface area is 349 Å². The molecular formula is C55H41FN4. The van der Waals surface area contributed by atoms with Crippen molar-refractivity contribution in [1.82, 2.24) is 19.5 Å². The molecular weight excluding hydrogens is 736 g/mol. The SMILES string of the molecule is Cc1ccc(-c2ccc3c(c2)c2cc(-c4ccc(C)cc4C)ccc2n3-c2cc(-c3nc(-c4ccccc4)nc(-c4ccccc4)n3)ccc2-c2ccc(F)cc2)c(C)c1. The second kappa shape index (κ2) is 15.0. The molecule has 60 heavy (non-hydrogen) atoms. The number of hydrogen-bond acceptors (Lipinski definition) is 3. The van der Waals surface area contributed by atoms with Crippen molar-refractivity contribution in [2.75, 3.05) is 0 Å². The highest BCUT2D eigenvalue weighted by atomic mass is 19.1. The summed E-state index contributed by atoms with van der Waals surface area (Å²) in [5.74, 6) is 1.47. The zero-order valence-electron chi connectivity index (χ0n) is 33.9. The van der Waals surface area contributed by atoms with E-state index >= 15 is 0 Å². The second-order valence-corrected chi connectivity index (χ2v) is 15.7. The zero-order valence-corrected chi connectivity index (χ0v) is 33.9. The summed E-state index contributed by atoms with van der Waals surface area (Å²) < 4.78 is 16.8. The van der Waals surface area contributed by atoms with Gasteiger partial charge < -0.3 is 4.57 Å². The summed E-state index contributed by atoms with van der Waals surface area (Å²) in [4.78, 5) is 15.1. The van der Waals surface area contributed by atoms with E-state index in [-0.39, 0.29) is 5.82 Å². The Kier molecular flexibility index (Phi) is 9.22. The van der Waals surface area contributed by atoms with E-state index in [1.807, 2.05) is 72.8 Å². The lowest BCUT2D eigenvalue weighted by atomic mass is 9.95. The van der Waals surface area contributed by atoms with E-state index in [9.17, 15) is 4.39 Å². The van der Waals surface area contributed by atoms with Gasteiger partial charge in [-0.25, -0.2) is 19.3 Å². The van der Waals surface area contributed by atoms with Crippen LogP contribution in [0.25, 0.3) is 95.0 Å². The van der Waals surface area contributed by atoms with E-state index in [4.69, 9.17) is 15.0 Å². The maximum absolute atomic E-state index is 14.5. The van der Waals surface area contributed by atoms with E-state index < -0.39 is 0 Å². The van der Waals surface area contributed by atoms with Crippen LogP contribution in [-0.4, -0.2) is 19.5 Å². The quantitative estimate of drug-likeness (QED) is 0.162. The van der Waals surface area contributed by atoms with Crippen molar-refractivity contribution in [1.29, 1.82) is 0 Å². The first-order valence-corrected chi connectivity index (χ1v) is 20.3. The molecule has 0 amide bonds. The van der Waals surface area contributed by atoms with Gasteiger partial charge in [-0.2, -0.15) is 0 Å². The van der Waals surface area contributed by atoms with Gasteiger partial charge in [0.25, 0.3) is 0 Å². The highest BCUT2D eigenvalue weighted by Crippen LogP contribution is 2.41. The Morgan fingerprint density at radius 2 is 0.800 bits per heavy atom. The van der Waals surface area contributed by atoms with Crippen LogP contribution in [0, 0.1) is 33.5 Å². The molecule has 288 valence electrons. The molecule has 0 fully saturated rings. The van der Waals surface area contributed by atoms with Crippen LogP contribution >= 0.6 is 0 Å². The summed E-state index contributed by atoms with van der Waals surface area (Å²) >= 11 is 0. The highest BCUT2D eigenvalue weighted by Gasteiger charge is 2.21. The molecule has 0 saturated carbocycles. The van der Waals surface area contributed by atoms with E-state index in [2.05, 4.69) is 123 Å². The molecule has 0 aliphatic carbocycles. The third kappa shape index (κ3) is 6.74. The summed E-state index contributed by atoms with van der Waals surface area (Å²) in [5.41, 5.74) is 17.2. The molecule has 0 saturated heterocycles. The largest absolute Gasteiger partial charge is 0.309 e. The highest BCUT2D eigenvalue weighted by molar-refractivity contribution is 6.12. The normalized spacial score (nSPS) is 11.4. The first kappa shape index (κ1) is 36.8. The molecule has 0 bridgehead atoms. The number of fused-ring (bicyclic) bond motifs is 3. The van der Waals surface area contributed by atoms with Crippen LogP contribution in [0.1, 0.15) is 22.3 Å². The smallest absolute Gasteiger partial charge is 0.164 e. The van der Waals surface area contributed by atoms with E-state index in [1.54, 1.807) is 0 Å². The number of halogens is 1. The fourth-order valence-corrected chi connectivity index (χ4v) is 8.56. The maximum atomic E-state index is 14.5. The van der Waals surface area contributed by atoms with Gasteiger partial charge in [-0.3, -0.25) is 0 Å². The minimum atomic E-state index is -0.279. The third-order valence-corrected chi connectivity index (χ3v) is 11.5. The summed E-state index contributed by atoms with van der Waals surface area (Å²) in [6.07, 6.45) is 0. The van der Waals surface area contributed by atoms with Gasteiger partial charge in [0.15, 0.2) is 17.5 Å². The molecule has 5 heteroatoms. The molecule has 0 unspecified atom stereocenters. The lowest BCUT2D eigenvalue weighted by molar-refractivity contribution is 0.628. The van der Waals surface area contributed by atoms with Crippen molar-refractivity contribution in [2.45, 2.75) is 27.7 Å². The molecule has 2 aromatic heterocycles. The Bertz CT molecular complexity index is 3070. The molecule has 10 aromatic rings. The van der Waals surface area contributed by atoms with Gasteiger partial charge in [-0.15, -0.1) is 0 Å². The minimum Gasteiger partial charge on any atom is -0.309 e. The summed E-state index contributed by atoms with van der Waals surface area (Å²) in [7, 11) is 0. The van der Waals surface area contributed by atoms with Crippen molar-refractivity contribution in [3.05, 3.63) is 204 Å². The predicted octanol–water partition coefficient (Wildman–Crippen LogP) is 14.3. The monoisotopic (exact) mass is 776 g/mol. The van der Waals surface area contributed by atoms with E-state index in [0.29, 0.717) is 17.5 Å². The topological polar surface area (TPSA) is 43.6 Å². The molecule has 0 spiro atoms. The molecule has 4 nitrogen and oxygen atoms in total. The fraction of sp³-hybridized carbons (Fsp3) is 0.0727. The molecule has 0 atom stereocenters. The van der Waals surface area contributed by atoms with Crippen molar-refractivity contribution in [2.24, 2.45) is 0 Å². The average molecular weight is 777 g/mol. The van der Waals surface area contributed by atoms with Crippen molar-refractivity contribution in [3.63, 3.8) is 0 Å². The molecule has 2 heterocycles. The first-order valence-electron chi connectivity index (χ1n) is 20.3. The Morgan fingerprint density at radius 3 is 1.28 bits per heavy atom. The molecule has 10 rings (SSSR count). The van der Waals surface area contributed by atoms with Crippen molar-refractivity contribution in [3.8, 4) is 73.2 Å². The summed E-state index contributed by atoms with van der Waals surface area (Å²) in [6, 6.07) is 60.1. The minimum absolute atomic E-state index is 0.279. The molecule has 0 N–H and O–H groups in total. The van der Waals surface area contributed by atoms with Crippen LogP contribution in [0.15, 0.2) is 176 Å². The van der Waals surface area contributed by atoms with E-state index in [0.717, 1.165) is 66.4 Å². The molecule has 0 aliphatic heterocycles. The molecule has 0 aliphatic rings. The lowest BCUT2D eigenvalue weighted by Gasteiger charge is -2.17. The zero-order chi connectivity index (χ0) is 40.9. The number of benzene rings is 8. The Hall–Kier alpha value is -7.50. The Morgan fingerprint density at radius 1 is 0.367 bits per heavy atom. The van der Waals surface area contributed by atoms with E-state index in [1.165, 1.54) is 45.5 Å². The van der Waals surface area contributed by atoms with Crippen LogP contribution in [0.2, 0.25) is 0 Å². The number of nitrogens with zero attached hydrogens (tertiary/aromatic N) is 4. The predicted molar refractivity (Wildman–Crippen MR) is 246 cm³/mol. The number of aromatic nitrogens is 4. The third-order valence-electron chi connectivity index (χ3n) is 11.5. The Balaban J connectivity index is 1.26. The number of rotatable bonds is 7. The van der Waals surface area contributed by atoms with Gasteiger partial charge in [0, 0.05) is 33.0 Å². The standard InChI is InChI=1S/C55H41FN4/c1-34-15-24-45(36(3)29-34)41-20-27-50-48(31-41)49-32-42(46-25-16-35(2)30-37(46)4)21-28-51(49)60(50)52-33-43(19-26-47(52)38-17-22-44(56)23-18-38)55-58-53(39-11-7-5-8-12-39)57-54(59-55)40-13-9-6-10-14-40/h5-33H,1-4H3. The van der Waals surface area contributed by atoms with Crippen molar-refractivity contribution >= 4 is 21.8 Å². The van der Waals surface area contributed by atoms with Crippen molar-refractivity contribution < 1.29 is 4.39 Å². The number of aryl methyl sites for hydroxylation is 4. The van der Waals surface area contributed by atoms with Gasteiger partial charge in [-0.1, -0.05) is 145 Å². The summed E-state index contributed by atoms with van der Waals surface area (Å²) in [5, 5.41) is 2.28. The molecule has 8 aromatic carbocycles. The van der Waals surface area contributed by atoms with Gasteiger partial charge in [0.05, 0.1) is 16.7 Å². The molecule has 0 radical (unpaired) electrons. The number of hydrogen-bond donors (Lipinski definition) is 0. The van der Waals surface area contributed by atoms with Crippen LogP contribution in [0.5, 0.6) is 0 Å². The first-order chi connectivity index (χ1) is 29.3. The van der Waals surface area contributed by atoms with Gasteiger partial charge in [0.2, 0.25) is 0 Å². The lowest BCUT2D eigenvalue weighted by Crippen LogP contribution is -2.02. The maximum Gasteiger partial charge on any atom is 0.164 e. The second-order valence-electron chi connectivity index (χ2n) is 15.7. The van der Waals surface area contributed by atoms with Gasteiger partial charge in [-0.05, 0) is 109 Å². The van der Waals surface area contributed by atoms with Crippen LogP contribution in [0.3, 0.4) is 0 Å². The van der Waals surface area contributed by atoms with Crippen LogP contribution in [0.4, 0.5) is 4.39 Å². The van der Waals surface area contributed by atoms with Gasteiger partial charge in [0.1, 0.15) is 5.82 Å². The average Bonchev–Trinajstić information content (AvgIpc) is 3.60. The van der Waals surface area contributed by atoms with Gasteiger partial charge >= 0.3 is 0 Å². The summed E-state index contributed by atoms with van der Waals surface area (Å²) in [6.45, 7) is 8.64. The van der Waals surface area contributed by atoms with Crippen LogP contribution < -0.4 is 0 Å².